The number of rotatable bonds is 7. The molecule has 8 nitrogen and oxygen atoms in total. The largest absolute Gasteiger partial charge is 0.480 e. The van der Waals surface area contributed by atoms with Crippen LogP contribution in [0.5, 0.6) is 0 Å². The molecule has 21 heavy (non-hydrogen) atoms. The number of carboxylic acids is 1. The average Bonchev–Trinajstić information content (AvgIpc) is 2.37. The lowest BCUT2D eigenvalue weighted by Crippen LogP contribution is -2.41. The van der Waals surface area contributed by atoms with E-state index in [1.165, 1.54) is 31.2 Å². The Balaban J connectivity index is 3.17. The highest BCUT2D eigenvalue weighted by atomic mass is 32.2. The summed E-state index contributed by atoms with van der Waals surface area (Å²) < 4.78 is 25.0. The molecule has 0 heterocycles. The molecule has 0 aliphatic heterocycles. The third-order valence-electron chi connectivity index (χ3n) is 2.54. The zero-order chi connectivity index (χ0) is 16.2. The van der Waals surface area contributed by atoms with Crippen LogP contribution in [0.2, 0.25) is 0 Å². The van der Waals surface area contributed by atoms with Gasteiger partial charge in [-0.25, -0.2) is 8.42 Å². The van der Waals surface area contributed by atoms with E-state index in [0.717, 1.165) is 0 Å². The first-order valence-electron chi connectivity index (χ1n) is 5.76. The molecule has 0 radical (unpaired) electrons. The molecule has 0 aliphatic rings. The highest BCUT2D eigenvalue weighted by Crippen LogP contribution is 2.16. The van der Waals surface area contributed by atoms with Crippen LogP contribution in [-0.2, 0) is 19.6 Å². The van der Waals surface area contributed by atoms with Crippen molar-refractivity contribution in [3.63, 3.8) is 0 Å². The van der Waals surface area contributed by atoms with Crippen molar-refractivity contribution in [2.24, 2.45) is 5.73 Å². The van der Waals surface area contributed by atoms with Crippen LogP contribution in [-0.4, -0.2) is 48.6 Å². The number of amides is 1. The van der Waals surface area contributed by atoms with E-state index in [4.69, 9.17) is 10.8 Å². The van der Waals surface area contributed by atoms with Crippen molar-refractivity contribution in [3.8, 4) is 0 Å². The number of hydrogen-bond donors (Lipinski definition) is 2. The molecular weight excluding hydrogens is 300 g/mol. The number of sulfonamides is 1. The zero-order valence-electron chi connectivity index (χ0n) is 11.1. The maximum absolute atomic E-state index is 12.3. The van der Waals surface area contributed by atoms with Gasteiger partial charge in [-0.05, 0) is 19.1 Å². The van der Waals surface area contributed by atoms with Crippen molar-refractivity contribution >= 4 is 27.7 Å². The maximum Gasteiger partial charge on any atom is 0.318 e. The number of carboxylic acid groups (broad SMARTS) is 1. The molecule has 3 N–H and O–H groups in total. The van der Waals surface area contributed by atoms with Gasteiger partial charge in [-0.2, -0.15) is 4.31 Å². The van der Waals surface area contributed by atoms with Crippen LogP contribution >= 0.6 is 0 Å². The Kier molecular flexibility index (Phi) is 5.17. The van der Waals surface area contributed by atoms with Crippen LogP contribution in [0.15, 0.2) is 29.2 Å². The van der Waals surface area contributed by atoms with E-state index in [0.29, 0.717) is 9.87 Å². The molecule has 0 bridgehead atoms. The molecule has 0 unspecified atom stereocenters. The van der Waals surface area contributed by atoms with Crippen molar-refractivity contribution in [3.05, 3.63) is 29.8 Å². The fourth-order valence-corrected chi connectivity index (χ4v) is 2.92. The minimum absolute atomic E-state index is 0.227. The Hall–Kier alpha value is -2.26. The molecule has 0 saturated heterocycles. The lowest BCUT2D eigenvalue weighted by atomic mass is 10.2. The quantitative estimate of drug-likeness (QED) is 0.648. The van der Waals surface area contributed by atoms with E-state index in [1.807, 2.05) is 0 Å². The lowest BCUT2D eigenvalue weighted by Gasteiger charge is -2.18. The van der Waals surface area contributed by atoms with Gasteiger partial charge in [0.2, 0.25) is 15.9 Å². The number of ketones is 1. The molecule has 0 atom stereocenters. The monoisotopic (exact) mass is 314 g/mol. The summed E-state index contributed by atoms with van der Waals surface area (Å²) in [4.78, 5) is 32.5. The molecule has 0 aliphatic carbocycles. The number of carbonyl (C=O) groups excluding carboxylic acids is 2. The third kappa shape index (κ3) is 4.36. The second kappa shape index (κ2) is 6.46. The number of aliphatic carboxylic acids is 1. The van der Waals surface area contributed by atoms with Gasteiger partial charge < -0.3 is 10.8 Å². The molecule has 0 fully saturated rings. The Morgan fingerprint density at radius 1 is 1.14 bits per heavy atom. The number of Topliss-reactive ketones (excluding diaryl/α,β-unsaturated/α-hetero) is 1. The Morgan fingerprint density at radius 2 is 1.67 bits per heavy atom. The predicted molar refractivity (Wildman–Crippen MR) is 72.0 cm³/mol. The van der Waals surface area contributed by atoms with Crippen LogP contribution in [0, 0.1) is 0 Å². The van der Waals surface area contributed by atoms with E-state index >= 15 is 0 Å². The number of benzene rings is 1. The number of nitrogens with two attached hydrogens (primary N) is 1. The van der Waals surface area contributed by atoms with Crippen molar-refractivity contribution in [1.82, 2.24) is 4.31 Å². The third-order valence-corrected chi connectivity index (χ3v) is 4.35. The van der Waals surface area contributed by atoms with Crippen molar-refractivity contribution < 1.29 is 27.9 Å². The number of carbonyl (C=O) groups is 3. The standard InChI is InChI=1S/C12H14N2O6S/c1-8(15)9-2-4-10(5-3-9)21(19,20)14(6-11(13)16)7-12(17)18/h2-5H,6-7H2,1H3,(H2,13,16)(H,17,18). The van der Waals surface area contributed by atoms with Crippen molar-refractivity contribution in [2.45, 2.75) is 11.8 Å². The summed E-state index contributed by atoms with van der Waals surface area (Å²) in [6, 6.07) is 4.95. The molecule has 1 aromatic carbocycles. The van der Waals surface area contributed by atoms with Gasteiger partial charge in [-0.3, -0.25) is 14.4 Å². The SMILES string of the molecule is CC(=O)c1ccc(S(=O)(=O)N(CC(N)=O)CC(=O)O)cc1. The van der Waals surface area contributed by atoms with E-state index < -0.39 is 35.0 Å². The van der Waals surface area contributed by atoms with Gasteiger partial charge in [-0.1, -0.05) is 12.1 Å². The van der Waals surface area contributed by atoms with E-state index in [9.17, 15) is 22.8 Å². The molecule has 9 heteroatoms. The van der Waals surface area contributed by atoms with Gasteiger partial charge >= 0.3 is 5.97 Å². The summed E-state index contributed by atoms with van der Waals surface area (Å²) in [7, 11) is -4.19. The summed E-state index contributed by atoms with van der Waals surface area (Å²) >= 11 is 0. The Morgan fingerprint density at radius 3 is 2.05 bits per heavy atom. The van der Waals surface area contributed by atoms with Crippen LogP contribution in [0.25, 0.3) is 0 Å². The minimum atomic E-state index is -4.19. The summed E-state index contributed by atoms with van der Waals surface area (Å²) in [6.07, 6.45) is 0. The number of hydrogen-bond acceptors (Lipinski definition) is 5. The molecule has 0 spiro atoms. The molecule has 0 saturated carbocycles. The summed E-state index contributed by atoms with van der Waals surface area (Å²) in [5, 5.41) is 8.72. The van der Waals surface area contributed by atoms with Crippen LogP contribution in [0.4, 0.5) is 0 Å². The van der Waals surface area contributed by atoms with Crippen LogP contribution in [0.1, 0.15) is 17.3 Å². The van der Waals surface area contributed by atoms with E-state index in [1.54, 1.807) is 0 Å². The smallest absolute Gasteiger partial charge is 0.318 e. The summed E-state index contributed by atoms with van der Waals surface area (Å²) in [5.41, 5.74) is 5.24. The minimum Gasteiger partial charge on any atom is -0.480 e. The van der Waals surface area contributed by atoms with Gasteiger partial charge in [0.1, 0.15) is 6.54 Å². The number of nitrogens with zero attached hydrogens (tertiary/aromatic N) is 1. The fourth-order valence-electron chi connectivity index (χ4n) is 1.56. The highest BCUT2D eigenvalue weighted by Gasteiger charge is 2.28. The van der Waals surface area contributed by atoms with Gasteiger partial charge in [0.15, 0.2) is 5.78 Å². The maximum atomic E-state index is 12.3. The van der Waals surface area contributed by atoms with Gasteiger partial charge in [-0.15, -0.1) is 0 Å². The predicted octanol–water partition coefficient (Wildman–Crippen LogP) is -0.550. The molecule has 1 aromatic rings. The van der Waals surface area contributed by atoms with Gasteiger partial charge in [0.05, 0.1) is 11.4 Å². The second-order valence-electron chi connectivity index (χ2n) is 4.21. The van der Waals surface area contributed by atoms with Gasteiger partial charge in [0, 0.05) is 5.56 Å². The zero-order valence-corrected chi connectivity index (χ0v) is 12.0. The average molecular weight is 314 g/mol. The first-order chi connectivity index (χ1) is 9.64. The van der Waals surface area contributed by atoms with Crippen molar-refractivity contribution in [1.29, 1.82) is 0 Å². The molecule has 1 amide bonds. The Bertz CT molecular complexity index is 649. The summed E-state index contributed by atoms with van der Waals surface area (Å²) in [6.45, 7) is -0.309. The fraction of sp³-hybridized carbons (Fsp3) is 0.250. The molecule has 114 valence electrons. The van der Waals surface area contributed by atoms with E-state index in [2.05, 4.69) is 0 Å². The lowest BCUT2D eigenvalue weighted by molar-refractivity contribution is -0.137. The topological polar surface area (TPSA) is 135 Å². The van der Waals surface area contributed by atoms with Gasteiger partial charge in [0.25, 0.3) is 0 Å². The second-order valence-corrected chi connectivity index (χ2v) is 6.15. The molecular formula is C12H14N2O6S. The first-order valence-corrected chi connectivity index (χ1v) is 7.20. The Labute approximate surface area is 121 Å². The normalized spacial score (nSPS) is 11.3. The first kappa shape index (κ1) is 16.8. The number of primary amides is 1. The molecule has 0 aromatic heterocycles. The van der Waals surface area contributed by atoms with Crippen LogP contribution in [0.3, 0.4) is 0 Å². The van der Waals surface area contributed by atoms with Crippen LogP contribution < -0.4 is 5.73 Å². The highest BCUT2D eigenvalue weighted by molar-refractivity contribution is 7.89. The summed E-state index contributed by atoms with van der Waals surface area (Å²) in [5.74, 6) is -2.63. The van der Waals surface area contributed by atoms with Crippen molar-refractivity contribution in [2.75, 3.05) is 13.1 Å². The van der Waals surface area contributed by atoms with E-state index in [-0.39, 0.29) is 10.7 Å². The molecule has 1 rings (SSSR count).